The minimum atomic E-state index is 0.210. The average molecular weight is 181 g/mol. The molecule has 0 saturated carbocycles. The van der Waals surface area contributed by atoms with Crippen LogP contribution < -0.4 is 11.5 Å². The monoisotopic (exact) mass is 181 g/mol. The molecule has 3 nitrogen and oxygen atoms in total. The Bertz CT molecular complexity index is 226. The zero-order valence-corrected chi connectivity index (χ0v) is 8.38. The van der Waals surface area contributed by atoms with E-state index in [0.717, 1.165) is 12.8 Å². The van der Waals surface area contributed by atoms with E-state index in [1.165, 1.54) is 11.4 Å². The molecule has 0 aromatic carbocycles. The fourth-order valence-corrected chi connectivity index (χ4v) is 1.42. The van der Waals surface area contributed by atoms with Crippen molar-refractivity contribution in [2.45, 2.75) is 38.8 Å². The lowest BCUT2D eigenvalue weighted by atomic mass is 10.2. The summed E-state index contributed by atoms with van der Waals surface area (Å²) in [5, 5.41) is 0. The summed E-state index contributed by atoms with van der Waals surface area (Å²) >= 11 is 0. The van der Waals surface area contributed by atoms with Crippen LogP contribution >= 0.6 is 0 Å². The van der Waals surface area contributed by atoms with E-state index in [-0.39, 0.29) is 12.1 Å². The van der Waals surface area contributed by atoms with Gasteiger partial charge in [0.2, 0.25) is 0 Å². The molecule has 0 aliphatic rings. The first-order chi connectivity index (χ1) is 6.08. The Morgan fingerprint density at radius 1 is 1.08 bits per heavy atom. The minimum Gasteiger partial charge on any atom is -0.362 e. The van der Waals surface area contributed by atoms with Crippen molar-refractivity contribution in [2.75, 3.05) is 0 Å². The Balaban J connectivity index is 2.53. The summed E-state index contributed by atoms with van der Waals surface area (Å²) in [5.41, 5.74) is 13.8. The second-order valence-corrected chi connectivity index (χ2v) is 3.87. The number of aromatic amines is 1. The Labute approximate surface area is 79.5 Å². The van der Waals surface area contributed by atoms with Crippen LogP contribution in [0.3, 0.4) is 0 Å². The van der Waals surface area contributed by atoms with E-state index < -0.39 is 0 Å². The van der Waals surface area contributed by atoms with Crippen LogP contribution in [0, 0.1) is 0 Å². The van der Waals surface area contributed by atoms with E-state index in [0.29, 0.717) is 0 Å². The largest absolute Gasteiger partial charge is 0.362 e. The Hall–Kier alpha value is -0.800. The molecule has 1 heterocycles. The van der Waals surface area contributed by atoms with Crippen molar-refractivity contribution in [2.24, 2.45) is 11.5 Å². The molecule has 0 radical (unpaired) electrons. The molecule has 5 N–H and O–H groups in total. The summed E-state index contributed by atoms with van der Waals surface area (Å²) in [5.74, 6) is 0. The maximum Gasteiger partial charge on any atom is 0.0164 e. The van der Waals surface area contributed by atoms with Gasteiger partial charge in [-0.3, -0.25) is 0 Å². The number of nitrogens with two attached hydrogens (primary N) is 2. The lowest BCUT2D eigenvalue weighted by Crippen LogP contribution is -2.19. The Morgan fingerprint density at radius 2 is 1.46 bits per heavy atom. The van der Waals surface area contributed by atoms with Crippen LogP contribution in [0.15, 0.2) is 12.1 Å². The zero-order chi connectivity index (χ0) is 9.84. The summed E-state index contributed by atoms with van der Waals surface area (Å²) < 4.78 is 0. The van der Waals surface area contributed by atoms with Gasteiger partial charge in [0.15, 0.2) is 0 Å². The average Bonchev–Trinajstić information content (AvgIpc) is 2.33. The molecule has 2 unspecified atom stereocenters. The van der Waals surface area contributed by atoms with Crippen LogP contribution in [0.4, 0.5) is 0 Å². The second-order valence-electron chi connectivity index (χ2n) is 3.87. The summed E-state index contributed by atoms with van der Waals surface area (Å²) in [6, 6.07) is 4.59. The standard InChI is InChI=1S/C10H19N3/c1-7(11)5-9-3-4-10(13-9)6-8(2)12/h3-4,7-8,13H,5-6,11-12H2,1-2H3. The van der Waals surface area contributed by atoms with Gasteiger partial charge in [-0.2, -0.15) is 0 Å². The first-order valence-corrected chi connectivity index (χ1v) is 4.76. The van der Waals surface area contributed by atoms with Gasteiger partial charge in [0.1, 0.15) is 0 Å². The van der Waals surface area contributed by atoms with Gasteiger partial charge in [0.05, 0.1) is 0 Å². The molecule has 1 rings (SSSR count). The van der Waals surface area contributed by atoms with Crippen molar-refractivity contribution in [3.63, 3.8) is 0 Å². The highest BCUT2D eigenvalue weighted by Gasteiger charge is 2.03. The minimum absolute atomic E-state index is 0.210. The van der Waals surface area contributed by atoms with E-state index >= 15 is 0 Å². The summed E-state index contributed by atoms with van der Waals surface area (Å²) in [4.78, 5) is 3.32. The molecule has 1 aromatic rings. The first-order valence-electron chi connectivity index (χ1n) is 4.76. The predicted molar refractivity (Wildman–Crippen MR) is 55.5 cm³/mol. The lowest BCUT2D eigenvalue weighted by Gasteiger charge is -2.03. The maximum atomic E-state index is 5.69. The van der Waals surface area contributed by atoms with E-state index in [4.69, 9.17) is 11.5 Å². The molecule has 0 bridgehead atoms. The van der Waals surface area contributed by atoms with Gasteiger partial charge >= 0.3 is 0 Å². The highest BCUT2D eigenvalue weighted by Crippen LogP contribution is 2.05. The fraction of sp³-hybridized carbons (Fsp3) is 0.600. The molecule has 0 saturated heterocycles. The van der Waals surface area contributed by atoms with E-state index in [1.54, 1.807) is 0 Å². The number of H-pyrrole nitrogens is 1. The van der Waals surface area contributed by atoms with Crippen molar-refractivity contribution in [1.82, 2.24) is 4.98 Å². The number of hydrogen-bond donors (Lipinski definition) is 3. The molecule has 13 heavy (non-hydrogen) atoms. The van der Waals surface area contributed by atoms with Crippen molar-refractivity contribution in [3.05, 3.63) is 23.5 Å². The maximum absolute atomic E-state index is 5.69. The van der Waals surface area contributed by atoms with Crippen LogP contribution in [0.25, 0.3) is 0 Å². The first kappa shape index (κ1) is 10.3. The van der Waals surface area contributed by atoms with Crippen LogP contribution in [0.5, 0.6) is 0 Å². The number of rotatable bonds is 4. The quantitative estimate of drug-likeness (QED) is 0.643. The highest BCUT2D eigenvalue weighted by molar-refractivity contribution is 5.14. The van der Waals surface area contributed by atoms with E-state index in [9.17, 15) is 0 Å². The van der Waals surface area contributed by atoms with Gasteiger partial charge in [-0.05, 0) is 26.0 Å². The van der Waals surface area contributed by atoms with Gasteiger partial charge in [-0.25, -0.2) is 0 Å². The molecule has 0 spiro atoms. The van der Waals surface area contributed by atoms with Crippen LogP contribution in [0.1, 0.15) is 25.2 Å². The Morgan fingerprint density at radius 3 is 1.77 bits per heavy atom. The summed E-state index contributed by atoms with van der Waals surface area (Å²) in [7, 11) is 0. The van der Waals surface area contributed by atoms with E-state index in [2.05, 4.69) is 17.1 Å². The second kappa shape index (κ2) is 4.44. The third kappa shape index (κ3) is 3.61. The van der Waals surface area contributed by atoms with Gasteiger partial charge in [-0.1, -0.05) is 0 Å². The van der Waals surface area contributed by atoms with Crippen LogP contribution in [0.2, 0.25) is 0 Å². The molecule has 2 atom stereocenters. The van der Waals surface area contributed by atoms with Crippen molar-refractivity contribution in [1.29, 1.82) is 0 Å². The molecule has 3 heteroatoms. The molecule has 74 valence electrons. The topological polar surface area (TPSA) is 67.8 Å². The van der Waals surface area contributed by atoms with E-state index in [1.807, 2.05) is 13.8 Å². The zero-order valence-electron chi connectivity index (χ0n) is 8.38. The van der Waals surface area contributed by atoms with Gasteiger partial charge in [0, 0.05) is 36.3 Å². The van der Waals surface area contributed by atoms with Gasteiger partial charge in [-0.15, -0.1) is 0 Å². The molecular weight excluding hydrogens is 162 g/mol. The van der Waals surface area contributed by atoms with Gasteiger partial charge < -0.3 is 16.5 Å². The summed E-state index contributed by atoms with van der Waals surface area (Å²) in [6.07, 6.45) is 1.80. The number of hydrogen-bond acceptors (Lipinski definition) is 2. The van der Waals surface area contributed by atoms with Gasteiger partial charge in [0.25, 0.3) is 0 Å². The Kier molecular flexibility index (Phi) is 3.51. The van der Waals surface area contributed by atoms with Crippen molar-refractivity contribution < 1.29 is 0 Å². The third-order valence-corrected chi connectivity index (χ3v) is 1.89. The smallest absolute Gasteiger partial charge is 0.0164 e. The van der Waals surface area contributed by atoms with Crippen LogP contribution in [-0.4, -0.2) is 17.1 Å². The SMILES string of the molecule is CC(N)Cc1ccc(CC(C)N)[nH]1. The predicted octanol–water partition coefficient (Wildman–Crippen LogP) is 0.794. The fourth-order valence-electron chi connectivity index (χ4n) is 1.42. The van der Waals surface area contributed by atoms with Crippen molar-refractivity contribution >= 4 is 0 Å². The third-order valence-electron chi connectivity index (χ3n) is 1.89. The van der Waals surface area contributed by atoms with Crippen LogP contribution in [-0.2, 0) is 12.8 Å². The molecule has 0 fully saturated rings. The molecular formula is C10H19N3. The normalized spacial score (nSPS) is 15.7. The molecule has 0 amide bonds. The molecule has 1 aromatic heterocycles. The summed E-state index contributed by atoms with van der Waals surface area (Å²) in [6.45, 7) is 4.01. The molecule has 0 aliphatic carbocycles. The molecule has 0 aliphatic heterocycles. The number of aromatic nitrogens is 1. The number of nitrogens with one attached hydrogen (secondary N) is 1. The van der Waals surface area contributed by atoms with Crippen molar-refractivity contribution in [3.8, 4) is 0 Å². The lowest BCUT2D eigenvalue weighted by molar-refractivity contribution is 0.705. The highest BCUT2D eigenvalue weighted by atomic mass is 14.7.